The zero-order valence-corrected chi connectivity index (χ0v) is 6.75. The second kappa shape index (κ2) is 5.50. The lowest BCUT2D eigenvalue weighted by Crippen LogP contribution is -2.44. The molecule has 0 aromatic heterocycles. The molecule has 0 aliphatic heterocycles. The number of primary amides is 1. The van der Waals surface area contributed by atoms with Gasteiger partial charge in [-0.3, -0.25) is 9.59 Å². The lowest BCUT2D eigenvalue weighted by molar-refractivity contribution is -0.125. The Morgan fingerprint density at radius 3 is 2.42 bits per heavy atom. The van der Waals surface area contributed by atoms with Gasteiger partial charge in [0.1, 0.15) is 0 Å². The molecule has 70 valence electrons. The molecule has 1 atom stereocenters. The molecule has 0 aliphatic carbocycles. The molecule has 7 N–H and O–H groups in total. The van der Waals surface area contributed by atoms with Gasteiger partial charge in [0.25, 0.3) is 0 Å². The van der Waals surface area contributed by atoms with Gasteiger partial charge in [0.05, 0.1) is 12.6 Å². The van der Waals surface area contributed by atoms with Crippen LogP contribution in [0.5, 0.6) is 0 Å². The molecule has 6 nitrogen and oxygen atoms in total. The highest BCUT2D eigenvalue weighted by atomic mass is 16.2. The fourth-order valence-electron chi connectivity index (χ4n) is 0.616. The van der Waals surface area contributed by atoms with Crippen molar-refractivity contribution < 1.29 is 9.59 Å². The average Bonchev–Trinajstić information content (AvgIpc) is 2.00. The minimum absolute atomic E-state index is 0.183. The van der Waals surface area contributed by atoms with E-state index in [2.05, 4.69) is 5.32 Å². The largest absolute Gasteiger partial charge is 0.368 e. The van der Waals surface area contributed by atoms with Crippen molar-refractivity contribution in [3.05, 3.63) is 0 Å². The molecule has 2 amide bonds. The lowest BCUT2D eigenvalue weighted by atomic mass is 10.2. The quantitative estimate of drug-likeness (QED) is 0.361. The first-order valence-electron chi connectivity index (χ1n) is 3.59. The standard InChI is InChI=1S/C6H14N4O2/c7-2-1-4(8)6(12)10-3-5(9)11/h4H,1-3,7-8H2,(H2,9,11)(H,10,12). The zero-order chi connectivity index (χ0) is 9.56. The van der Waals surface area contributed by atoms with Gasteiger partial charge >= 0.3 is 0 Å². The summed E-state index contributed by atoms with van der Waals surface area (Å²) in [5.41, 5.74) is 15.3. The monoisotopic (exact) mass is 174 g/mol. The maximum atomic E-state index is 10.9. The van der Waals surface area contributed by atoms with E-state index < -0.39 is 17.9 Å². The Bertz CT molecular complexity index is 171. The Hall–Kier alpha value is -1.14. The summed E-state index contributed by atoms with van der Waals surface area (Å²) < 4.78 is 0. The molecular formula is C6H14N4O2. The van der Waals surface area contributed by atoms with Crippen LogP contribution in [-0.2, 0) is 9.59 Å². The van der Waals surface area contributed by atoms with Gasteiger partial charge < -0.3 is 22.5 Å². The summed E-state index contributed by atoms with van der Waals surface area (Å²) >= 11 is 0. The highest BCUT2D eigenvalue weighted by Gasteiger charge is 2.11. The number of amides is 2. The lowest BCUT2D eigenvalue weighted by Gasteiger charge is -2.09. The molecule has 6 heteroatoms. The SMILES string of the molecule is NCCC(N)C(=O)NCC(N)=O. The Morgan fingerprint density at radius 2 is 2.00 bits per heavy atom. The molecule has 0 heterocycles. The number of nitrogens with two attached hydrogens (primary N) is 3. The van der Waals surface area contributed by atoms with Crippen molar-refractivity contribution in [3.63, 3.8) is 0 Å². The van der Waals surface area contributed by atoms with Crippen LogP contribution >= 0.6 is 0 Å². The Balaban J connectivity index is 3.64. The van der Waals surface area contributed by atoms with E-state index in [0.29, 0.717) is 13.0 Å². The van der Waals surface area contributed by atoms with E-state index >= 15 is 0 Å². The number of carbonyl (C=O) groups excluding carboxylic acids is 2. The van der Waals surface area contributed by atoms with Crippen LogP contribution in [0.15, 0.2) is 0 Å². The first-order chi connectivity index (χ1) is 5.57. The van der Waals surface area contributed by atoms with Crippen LogP contribution < -0.4 is 22.5 Å². The fourth-order valence-corrected chi connectivity index (χ4v) is 0.616. The first kappa shape index (κ1) is 10.9. The third-order valence-electron chi connectivity index (χ3n) is 1.25. The third-order valence-corrected chi connectivity index (χ3v) is 1.25. The van der Waals surface area contributed by atoms with Crippen LogP contribution in [0.25, 0.3) is 0 Å². The predicted molar refractivity (Wildman–Crippen MR) is 43.9 cm³/mol. The van der Waals surface area contributed by atoms with Crippen LogP contribution in [0, 0.1) is 0 Å². The second-order valence-corrected chi connectivity index (χ2v) is 2.37. The molecule has 0 bridgehead atoms. The molecule has 0 aromatic carbocycles. The number of hydrogen-bond acceptors (Lipinski definition) is 4. The van der Waals surface area contributed by atoms with Crippen LogP contribution in [0.3, 0.4) is 0 Å². The van der Waals surface area contributed by atoms with E-state index in [1.165, 1.54) is 0 Å². The van der Waals surface area contributed by atoms with E-state index in [-0.39, 0.29) is 6.54 Å². The Morgan fingerprint density at radius 1 is 1.42 bits per heavy atom. The van der Waals surface area contributed by atoms with E-state index in [1.807, 2.05) is 0 Å². The van der Waals surface area contributed by atoms with Crippen molar-refractivity contribution in [2.24, 2.45) is 17.2 Å². The first-order valence-corrected chi connectivity index (χ1v) is 3.59. The summed E-state index contributed by atoms with van der Waals surface area (Å²) in [5.74, 6) is -0.998. The zero-order valence-electron chi connectivity index (χ0n) is 6.75. The van der Waals surface area contributed by atoms with Crippen molar-refractivity contribution in [1.82, 2.24) is 5.32 Å². The average molecular weight is 174 g/mol. The third kappa shape index (κ3) is 4.64. The normalized spacial score (nSPS) is 12.2. The number of hydrogen-bond donors (Lipinski definition) is 4. The topological polar surface area (TPSA) is 124 Å². The molecule has 0 spiro atoms. The van der Waals surface area contributed by atoms with Crippen molar-refractivity contribution >= 4 is 11.8 Å². The maximum absolute atomic E-state index is 10.9. The minimum atomic E-state index is -0.658. The van der Waals surface area contributed by atoms with Crippen LogP contribution in [0.4, 0.5) is 0 Å². The maximum Gasteiger partial charge on any atom is 0.237 e. The highest BCUT2D eigenvalue weighted by molar-refractivity contribution is 5.86. The van der Waals surface area contributed by atoms with Gasteiger partial charge in [-0.25, -0.2) is 0 Å². The number of rotatable bonds is 5. The molecule has 0 saturated carbocycles. The number of carbonyl (C=O) groups is 2. The van der Waals surface area contributed by atoms with E-state index in [1.54, 1.807) is 0 Å². The summed E-state index contributed by atoms with van der Waals surface area (Å²) in [5, 5.41) is 2.27. The summed E-state index contributed by atoms with van der Waals surface area (Å²) in [7, 11) is 0. The van der Waals surface area contributed by atoms with E-state index in [9.17, 15) is 9.59 Å². The molecule has 0 fully saturated rings. The predicted octanol–water partition coefficient (Wildman–Crippen LogP) is -2.74. The molecular weight excluding hydrogens is 160 g/mol. The molecule has 12 heavy (non-hydrogen) atoms. The number of nitrogens with one attached hydrogen (secondary N) is 1. The Labute approximate surface area is 70.5 Å². The molecule has 0 radical (unpaired) electrons. The van der Waals surface area contributed by atoms with Gasteiger partial charge in [-0.05, 0) is 13.0 Å². The summed E-state index contributed by atoms with van der Waals surface area (Å²) in [6.07, 6.45) is 0.393. The van der Waals surface area contributed by atoms with Crippen molar-refractivity contribution in [2.45, 2.75) is 12.5 Å². The van der Waals surface area contributed by atoms with Gasteiger partial charge in [0, 0.05) is 0 Å². The van der Waals surface area contributed by atoms with Crippen molar-refractivity contribution in [1.29, 1.82) is 0 Å². The molecule has 0 saturated heterocycles. The van der Waals surface area contributed by atoms with Crippen molar-refractivity contribution in [3.8, 4) is 0 Å². The summed E-state index contributed by atoms with van der Waals surface area (Å²) in [4.78, 5) is 21.2. The minimum Gasteiger partial charge on any atom is -0.368 e. The van der Waals surface area contributed by atoms with E-state index in [4.69, 9.17) is 17.2 Å². The summed E-state index contributed by atoms with van der Waals surface area (Å²) in [6.45, 7) is 0.155. The van der Waals surface area contributed by atoms with Crippen molar-refractivity contribution in [2.75, 3.05) is 13.1 Å². The van der Waals surface area contributed by atoms with Gasteiger partial charge in [-0.15, -0.1) is 0 Å². The van der Waals surface area contributed by atoms with Gasteiger partial charge in [-0.1, -0.05) is 0 Å². The molecule has 1 unspecified atom stereocenters. The molecule has 0 rings (SSSR count). The molecule has 0 aliphatic rings. The smallest absolute Gasteiger partial charge is 0.237 e. The van der Waals surface area contributed by atoms with Crippen LogP contribution in [-0.4, -0.2) is 30.9 Å². The summed E-state index contributed by atoms with van der Waals surface area (Å²) in [6, 6.07) is -0.658. The van der Waals surface area contributed by atoms with Gasteiger partial charge in [0.2, 0.25) is 11.8 Å². The molecule has 0 aromatic rings. The van der Waals surface area contributed by atoms with Crippen LogP contribution in [0.2, 0.25) is 0 Å². The van der Waals surface area contributed by atoms with Gasteiger partial charge in [-0.2, -0.15) is 0 Å². The fraction of sp³-hybridized carbons (Fsp3) is 0.667. The van der Waals surface area contributed by atoms with E-state index in [0.717, 1.165) is 0 Å². The van der Waals surface area contributed by atoms with Crippen LogP contribution in [0.1, 0.15) is 6.42 Å². The highest BCUT2D eigenvalue weighted by Crippen LogP contribution is 1.83. The van der Waals surface area contributed by atoms with Gasteiger partial charge in [0.15, 0.2) is 0 Å². The second-order valence-electron chi connectivity index (χ2n) is 2.37. The Kier molecular flexibility index (Phi) is 4.98.